The van der Waals surface area contributed by atoms with Crippen LogP contribution in [0.3, 0.4) is 0 Å². The molecule has 0 saturated heterocycles. The van der Waals surface area contributed by atoms with Crippen LogP contribution in [0.1, 0.15) is 5.56 Å². The summed E-state index contributed by atoms with van der Waals surface area (Å²) in [7, 11) is 0. The highest BCUT2D eigenvalue weighted by molar-refractivity contribution is 7.98. The van der Waals surface area contributed by atoms with Gasteiger partial charge in [0.1, 0.15) is 11.0 Å². The van der Waals surface area contributed by atoms with Gasteiger partial charge in [-0.15, -0.1) is 16.8 Å². The molecule has 7 heteroatoms. The Bertz CT molecular complexity index is 1140. The smallest absolute Gasteiger partial charge is 0.192 e. The second kappa shape index (κ2) is 8.12. The standard InChI is InChI=1S/C21H16ClFN4S/c1-2-11-27-20(14-7-9-17(23)10-8-14)25-26-21(27)28-13-16-12-15-5-3-4-6-18(15)24-19(16)22/h2-10,12H,1,11,13H2. The zero-order valence-electron chi connectivity index (χ0n) is 14.8. The number of hydrogen-bond donors (Lipinski definition) is 0. The van der Waals surface area contributed by atoms with Crippen LogP contribution in [0.2, 0.25) is 5.15 Å². The molecule has 0 aliphatic rings. The van der Waals surface area contributed by atoms with Gasteiger partial charge in [0.05, 0.1) is 5.52 Å². The highest BCUT2D eigenvalue weighted by Gasteiger charge is 2.15. The maximum absolute atomic E-state index is 13.2. The molecule has 0 aliphatic carbocycles. The Kier molecular flexibility index (Phi) is 5.41. The largest absolute Gasteiger partial charge is 0.298 e. The molecule has 0 atom stereocenters. The second-order valence-corrected chi connectivity index (χ2v) is 7.43. The molecule has 2 aromatic carbocycles. The average Bonchev–Trinajstić information content (AvgIpc) is 3.10. The summed E-state index contributed by atoms with van der Waals surface area (Å²) in [6.07, 6.45) is 1.78. The maximum atomic E-state index is 13.2. The Morgan fingerprint density at radius 3 is 2.68 bits per heavy atom. The first kappa shape index (κ1) is 18.7. The summed E-state index contributed by atoms with van der Waals surface area (Å²) in [5.41, 5.74) is 2.60. The van der Waals surface area contributed by atoms with Crippen LogP contribution in [0.25, 0.3) is 22.3 Å². The van der Waals surface area contributed by atoms with E-state index in [1.807, 2.05) is 34.9 Å². The van der Waals surface area contributed by atoms with Gasteiger partial charge >= 0.3 is 0 Å². The summed E-state index contributed by atoms with van der Waals surface area (Å²) < 4.78 is 15.2. The summed E-state index contributed by atoms with van der Waals surface area (Å²) in [4.78, 5) is 4.47. The van der Waals surface area contributed by atoms with Crippen molar-refractivity contribution in [1.29, 1.82) is 0 Å². The van der Waals surface area contributed by atoms with Crippen LogP contribution < -0.4 is 0 Å². The predicted octanol–water partition coefficient (Wildman–Crippen LogP) is 5.76. The van der Waals surface area contributed by atoms with Gasteiger partial charge in [-0.25, -0.2) is 9.37 Å². The second-order valence-electron chi connectivity index (χ2n) is 6.13. The number of rotatable bonds is 6. The fourth-order valence-electron chi connectivity index (χ4n) is 2.88. The number of nitrogens with zero attached hydrogens (tertiary/aromatic N) is 4. The number of hydrogen-bond acceptors (Lipinski definition) is 4. The van der Waals surface area contributed by atoms with Gasteiger partial charge in [0.2, 0.25) is 0 Å². The minimum atomic E-state index is -0.286. The lowest BCUT2D eigenvalue weighted by atomic mass is 10.2. The Morgan fingerprint density at radius 1 is 1.11 bits per heavy atom. The van der Waals surface area contributed by atoms with Gasteiger partial charge < -0.3 is 0 Å². The zero-order chi connectivity index (χ0) is 19.5. The van der Waals surface area contributed by atoms with Crippen LogP contribution in [-0.4, -0.2) is 19.7 Å². The molecule has 0 radical (unpaired) electrons. The number of pyridine rings is 1. The molecule has 0 bridgehead atoms. The fourth-order valence-corrected chi connectivity index (χ4v) is 4.09. The van der Waals surface area contributed by atoms with E-state index < -0.39 is 0 Å². The summed E-state index contributed by atoms with van der Waals surface area (Å²) in [6, 6.07) is 16.1. The van der Waals surface area contributed by atoms with Gasteiger partial charge in [-0.3, -0.25) is 4.57 Å². The lowest BCUT2D eigenvalue weighted by Crippen LogP contribution is -2.01. The zero-order valence-corrected chi connectivity index (χ0v) is 16.4. The van der Waals surface area contributed by atoms with E-state index in [9.17, 15) is 4.39 Å². The van der Waals surface area contributed by atoms with Gasteiger partial charge in [-0.05, 0) is 36.4 Å². The fraction of sp³-hybridized carbons (Fsp3) is 0.0952. The normalized spacial score (nSPS) is 11.1. The lowest BCUT2D eigenvalue weighted by Gasteiger charge is -2.09. The van der Waals surface area contributed by atoms with E-state index in [1.54, 1.807) is 18.2 Å². The van der Waals surface area contributed by atoms with Gasteiger partial charge in [0.25, 0.3) is 0 Å². The van der Waals surface area contributed by atoms with Crippen LogP contribution in [0, 0.1) is 5.82 Å². The Morgan fingerprint density at radius 2 is 1.89 bits per heavy atom. The van der Waals surface area contributed by atoms with Crippen molar-refractivity contribution < 1.29 is 4.39 Å². The minimum absolute atomic E-state index is 0.286. The lowest BCUT2D eigenvalue weighted by molar-refractivity contribution is 0.628. The molecule has 28 heavy (non-hydrogen) atoms. The van der Waals surface area contributed by atoms with E-state index in [0.717, 1.165) is 27.2 Å². The number of allylic oxidation sites excluding steroid dienone is 1. The van der Waals surface area contributed by atoms with E-state index in [1.165, 1.54) is 23.9 Å². The number of fused-ring (bicyclic) bond motifs is 1. The van der Waals surface area contributed by atoms with Crippen LogP contribution in [-0.2, 0) is 12.3 Å². The summed E-state index contributed by atoms with van der Waals surface area (Å²) in [6.45, 7) is 4.36. The first-order valence-electron chi connectivity index (χ1n) is 8.62. The maximum Gasteiger partial charge on any atom is 0.192 e. The third-order valence-corrected chi connectivity index (χ3v) is 5.58. The Balaban J connectivity index is 1.62. The summed E-state index contributed by atoms with van der Waals surface area (Å²) in [5.74, 6) is 0.992. The summed E-state index contributed by atoms with van der Waals surface area (Å²) >= 11 is 7.89. The molecule has 0 amide bonds. The molecule has 0 aliphatic heterocycles. The quantitative estimate of drug-likeness (QED) is 0.230. The van der Waals surface area contributed by atoms with Crippen LogP contribution in [0.15, 0.2) is 72.4 Å². The van der Waals surface area contributed by atoms with Gasteiger partial charge in [-0.1, -0.05) is 47.6 Å². The molecule has 2 heterocycles. The molecule has 140 valence electrons. The first-order chi connectivity index (χ1) is 13.7. The van der Waals surface area contributed by atoms with Crippen molar-refractivity contribution >= 4 is 34.3 Å². The van der Waals surface area contributed by atoms with Gasteiger partial charge in [-0.2, -0.15) is 0 Å². The number of thioether (sulfide) groups is 1. The Hall–Kier alpha value is -2.70. The van der Waals surface area contributed by atoms with Gasteiger partial charge in [0.15, 0.2) is 11.0 Å². The third-order valence-electron chi connectivity index (χ3n) is 4.24. The minimum Gasteiger partial charge on any atom is -0.298 e. The Labute approximate surface area is 171 Å². The number of benzene rings is 2. The predicted molar refractivity (Wildman–Crippen MR) is 112 cm³/mol. The highest BCUT2D eigenvalue weighted by atomic mass is 35.5. The number of para-hydroxylation sites is 1. The molecule has 2 aromatic heterocycles. The molecule has 4 aromatic rings. The van der Waals surface area contributed by atoms with Crippen molar-refractivity contribution in [2.24, 2.45) is 0 Å². The summed E-state index contributed by atoms with van der Waals surface area (Å²) in [5, 5.41) is 10.9. The van der Waals surface area contributed by atoms with Crippen molar-refractivity contribution in [2.75, 3.05) is 0 Å². The topological polar surface area (TPSA) is 43.6 Å². The molecule has 4 nitrogen and oxygen atoms in total. The van der Waals surface area contributed by atoms with Crippen LogP contribution >= 0.6 is 23.4 Å². The molecule has 0 saturated carbocycles. The van der Waals surface area contributed by atoms with Gasteiger partial charge in [0, 0.05) is 28.8 Å². The van der Waals surface area contributed by atoms with E-state index in [-0.39, 0.29) is 5.82 Å². The monoisotopic (exact) mass is 410 g/mol. The first-order valence-corrected chi connectivity index (χ1v) is 9.99. The van der Waals surface area contributed by atoms with Crippen LogP contribution in [0.4, 0.5) is 4.39 Å². The van der Waals surface area contributed by atoms with Crippen molar-refractivity contribution in [3.63, 3.8) is 0 Å². The van der Waals surface area contributed by atoms with Crippen molar-refractivity contribution in [1.82, 2.24) is 19.7 Å². The molecular formula is C21H16ClFN4S. The SMILES string of the molecule is C=CCn1c(SCc2cc3ccccc3nc2Cl)nnc1-c1ccc(F)cc1. The van der Waals surface area contributed by atoms with Crippen LogP contribution in [0.5, 0.6) is 0 Å². The highest BCUT2D eigenvalue weighted by Crippen LogP contribution is 2.30. The molecule has 0 fully saturated rings. The molecule has 0 spiro atoms. The van der Waals surface area contributed by atoms with Crippen molar-refractivity contribution in [3.05, 3.63) is 83.8 Å². The molecule has 0 unspecified atom stereocenters. The van der Waals surface area contributed by atoms with E-state index in [2.05, 4.69) is 21.8 Å². The van der Waals surface area contributed by atoms with E-state index in [4.69, 9.17) is 11.6 Å². The number of halogens is 2. The molecule has 4 rings (SSSR count). The van der Waals surface area contributed by atoms with Crippen molar-refractivity contribution in [3.8, 4) is 11.4 Å². The third kappa shape index (κ3) is 3.79. The van der Waals surface area contributed by atoms with E-state index >= 15 is 0 Å². The molecule has 0 N–H and O–H groups in total. The molecular weight excluding hydrogens is 395 g/mol. The van der Waals surface area contributed by atoms with Crippen molar-refractivity contribution in [2.45, 2.75) is 17.5 Å². The average molecular weight is 411 g/mol. The number of aromatic nitrogens is 4. The van der Waals surface area contributed by atoms with E-state index in [0.29, 0.717) is 23.3 Å².